The summed E-state index contributed by atoms with van der Waals surface area (Å²) in [6.45, 7) is 6.16. The van der Waals surface area contributed by atoms with E-state index in [1.54, 1.807) is 7.05 Å². The van der Waals surface area contributed by atoms with E-state index in [0.29, 0.717) is 0 Å². The Bertz CT molecular complexity index is 429. The average molecular weight is 314 g/mol. The minimum Gasteiger partial charge on any atom is -0.356 e. The van der Waals surface area contributed by atoms with E-state index < -0.39 is 0 Å². The van der Waals surface area contributed by atoms with Crippen molar-refractivity contribution in [2.24, 2.45) is 4.99 Å². The van der Waals surface area contributed by atoms with E-state index in [0.717, 1.165) is 30.5 Å². The van der Waals surface area contributed by atoms with Gasteiger partial charge in [0.15, 0.2) is 5.96 Å². The molecule has 1 aromatic rings. The van der Waals surface area contributed by atoms with Gasteiger partial charge < -0.3 is 10.6 Å². The molecule has 112 valence electrons. The summed E-state index contributed by atoms with van der Waals surface area (Å²) >= 11 is 7.71. The molecule has 0 aromatic heterocycles. The number of nitrogens with one attached hydrogen (secondary N) is 2. The number of benzene rings is 1. The first-order chi connectivity index (χ1) is 9.46. The molecule has 0 fully saturated rings. The molecule has 0 aliphatic carbocycles. The van der Waals surface area contributed by atoms with Gasteiger partial charge in [-0.1, -0.05) is 23.7 Å². The SMILES string of the molecule is CN=C(NCCc1ccc(Cl)cc1)NCC(C)(C)SC. The van der Waals surface area contributed by atoms with Gasteiger partial charge in [-0.05, 0) is 44.2 Å². The summed E-state index contributed by atoms with van der Waals surface area (Å²) in [6, 6.07) is 7.95. The zero-order valence-corrected chi connectivity index (χ0v) is 14.2. The lowest BCUT2D eigenvalue weighted by molar-refractivity contribution is 0.664. The number of guanidine groups is 1. The molecule has 0 aliphatic rings. The molecule has 3 nitrogen and oxygen atoms in total. The smallest absolute Gasteiger partial charge is 0.191 e. The minimum absolute atomic E-state index is 0.202. The van der Waals surface area contributed by atoms with Crippen LogP contribution in [0.5, 0.6) is 0 Å². The van der Waals surface area contributed by atoms with Crippen LogP contribution in [0.1, 0.15) is 19.4 Å². The van der Waals surface area contributed by atoms with Gasteiger partial charge in [-0.25, -0.2) is 0 Å². The van der Waals surface area contributed by atoms with Crippen molar-refractivity contribution in [2.75, 3.05) is 26.4 Å². The van der Waals surface area contributed by atoms with Crippen molar-refractivity contribution in [1.29, 1.82) is 0 Å². The summed E-state index contributed by atoms with van der Waals surface area (Å²) in [5.74, 6) is 0.848. The van der Waals surface area contributed by atoms with Crippen molar-refractivity contribution in [3.63, 3.8) is 0 Å². The molecule has 5 heteroatoms. The molecular formula is C15H24ClN3S. The van der Waals surface area contributed by atoms with E-state index in [1.807, 2.05) is 23.9 Å². The Morgan fingerprint density at radius 1 is 1.25 bits per heavy atom. The molecule has 0 amide bonds. The van der Waals surface area contributed by atoms with Gasteiger partial charge in [0.25, 0.3) is 0 Å². The molecule has 20 heavy (non-hydrogen) atoms. The highest BCUT2D eigenvalue weighted by atomic mass is 35.5. The second-order valence-corrected chi connectivity index (χ2v) is 7.14. The summed E-state index contributed by atoms with van der Waals surface area (Å²) in [5, 5.41) is 7.46. The Kier molecular flexibility index (Phi) is 7.24. The van der Waals surface area contributed by atoms with Gasteiger partial charge in [0, 0.05) is 29.9 Å². The van der Waals surface area contributed by atoms with Crippen molar-refractivity contribution in [2.45, 2.75) is 25.0 Å². The molecule has 0 saturated heterocycles. The molecule has 0 radical (unpaired) electrons. The third kappa shape index (κ3) is 6.53. The van der Waals surface area contributed by atoms with Crippen LogP contribution >= 0.6 is 23.4 Å². The zero-order valence-electron chi connectivity index (χ0n) is 12.7. The zero-order chi connectivity index (χ0) is 15.0. The van der Waals surface area contributed by atoms with Crippen LogP contribution in [0, 0.1) is 0 Å². The van der Waals surface area contributed by atoms with Crippen molar-refractivity contribution in [3.05, 3.63) is 34.9 Å². The number of thioether (sulfide) groups is 1. The lowest BCUT2D eigenvalue weighted by Crippen LogP contribution is -2.43. The number of rotatable bonds is 6. The monoisotopic (exact) mass is 313 g/mol. The van der Waals surface area contributed by atoms with E-state index >= 15 is 0 Å². The molecule has 0 unspecified atom stereocenters. The van der Waals surface area contributed by atoms with E-state index in [2.05, 4.69) is 47.9 Å². The molecule has 1 aromatic carbocycles. The predicted octanol–water partition coefficient (Wildman–Crippen LogP) is 3.19. The topological polar surface area (TPSA) is 36.4 Å². The third-order valence-corrected chi connectivity index (χ3v) is 4.58. The van der Waals surface area contributed by atoms with Crippen molar-refractivity contribution in [1.82, 2.24) is 10.6 Å². The maximum absolute atomic E-state index is 5.87. The van der Waals surface area contributed by atoms with E-state index in [-0.39, 0.29) is 4.75 Å². The lowest BCUT2D eigenvalue weighted by Gasteiger charge is -2.23. The number of aliphatic imine (C=N–C) groups is 1. The maximum atomic E-state index is 5.87. The van der Waals surface area contributed by atoms with E-state index in [4.69, 9.17) is 11.6 Å². The molecule has 0 spiro atoms. The Labute approximate surface area is 131 Å². The highest BCUT2D eigenvalue weighted by Crippen LogP contribution is 2.19. The molecule has 0 atom stereocenters. The van der Waals surface area contributed by atoms with E-state index in [1.165, 1.54) is 5.56 Å². The van der Waals surface area contributed by atoms with Crippen LogP contribution in [-0.2, 0) is 6.42 Å². The van der Waals surface area contributed by atoms with Crippen LogP contribution in [0.2, 0.25) is 5.02 Å². The van der Waals surface area contributed by atoms with Crippen LogP contribution in [0.3, 0.4) is 0 Å². The molecule has 1 rings (SSSR count). The first-order valence-corrected chi connectivity index (χ1v) is 8.31. The molecule has 0 aliphatic heterocycles. The normalized spacial score (nSPS) is 12.3. The molecule has 0 saturated carbocycles. The molecule has 0 heterocycles. The van der Waals surface area contributed by atoms with Gasteiger partial charge in [-0.3, -0.25) is 4.99 Å². The number of hydrogen-bond acceptors (Lipinski definition) is 2. The van der Waals surface area contributed by atoms with Crippen molar-refractivity contribution in [3.8, 4) is 0 Å². The minimum atomic E-state index is 0.202. The second-order valence-electron chi connectivity index (χ2n) is 5.19. The standard InChI is InChI=1S/C15H24ClN3S/c1-15(2,20-4)11-19-14(17-3)18-10-9-12-5-7-13(16)8-6-12/h5-8H,9-11H2,1-4H3,(H2,17,18,19). The summed E-state index contributed by atoms with van der Waals surface area (Å²) in [4.78, 5) is 4.23. The summed E-state index contributed by atoms with van der Waals surface area (Å²) in [7, 11) is 1.80. The highest BCUT2D eigenvalue weighted by Gasteiger charge is 2.15. The van der Waals surface area contributed by atoms with Gasteiger partial charge in [-0.2, -0.15) is 11.8 Å². The first-order valence-electron chi connectivity index (χ1n) is 6.71. The largest absolute Gasteiger partial charge is 0.356 e. The van der Waals surface area contributed by atoms with Crippen LogP contribution in [0.15, 0.2) is 29.3 Å². The third-order valence-electron chi connectivity index (χ3n) is 3.08. The Morgan fingerprint density at radius 3 is 2.45 bits per heavy atom. The molecule has 0 bridgehead atoms. The van der Waals surface area contributed by atoms with Crippen LogP contribution in [-0.4, -0.2) is 37.1 Å². The van der Waals surface area contributed by atoms with E-state index in [9.17, 15) is 0 Å². The lowest BCUT2D eigenvalue weighted by atomic mass is 10.1. The highest BCUT2D eigenvalue weighted by molar-refractivity contribution is 7.99. The summed E-state index contributed by atoms with van der Waals surface area (Å²) in [6.07, 6.45) is 3.07. The van der Waals surface area contributed by atoms with Crippen LogP contribution < -0.4 is 10.6 Å². The van der Waals surface area contributed by atoms with Gasteiger partial charge in [0.2, 0.25) is 0 Å². The molecular weight excluding hydrogens is 290 g/mol. The van der Waals surface area contributed by atoms with Gasteiger partial charge in [-0.15, -0.1) is 0 Å². The van der Waals surface area contributed by atoms with Crippen LogP contribution in [0.25, 0.3) is 0 Å². The van der Waals surface area contributed by atoms with Crippen molar-refractivity contribution >= 4 is 29.3 Å². The Hall–Kier alpha value is -0.870. The Morgan fingerprint density at radius 2 is 1.90 bits per heavy atom. The second kappa shape index (κ2) is 8.42. The van der Waals surface area contributed by atoms with Gasteiger partial charge in [0.1, 0.15) is 0 Å². The molecule has 2 N–H and O–H groups in total. The fourth-order valence-corrected chi connectivity index (χ4v) is 1.91. The number of nitrogens with zero attached hydrogens (tertiary/aromatic N) is 1. The predicted molar refractivity (Wildman–Crippen MR) is 92.1 cm³/mol. The summed E-state index contributed by atoms with van der Waals surface area (Å²) < 4.78 is 0.202. The first kappa shape index (κ1) is 17.2. The average Bonchev–Trinajstić information content (AvgIpc) is 2.44. The Balaban J connectivity index is 2.33. The van der Waals surface area contributed by atoms with Crippen LogP contribution in [0.4, 0.5) is 0 Å². The fraction of sp³-hybridized carbons (Fsp3) is 0.533. The maximum Gasteiger partial charge on any atom is 0.191 e. The summed E-state index contributed by atoms with van der Waals surface area (Å²) in [5.41, 5.74) is 1.27. The quantitative estimate of drug-likeness (QED) is 0.625. The fourth-order valence-electron chi connectivity index (χ4n) is 1.57. The van der Waals surface area contributed by atoms with Crippen molar-refractivity contribution < 1.29 is 0 Å². The van der Waals surface area contributed by atoms with Gasteiger partial charge >= 0.3 is 0 Å². The number of hydrogen-bond donors (Lipinski definition) is 2. The number of halogens is 1. The van der Waals surface area contributed by atoms with Gasteiger partial charge in [0.05, 0.1) is 0 Å².